The van der Waals surface area contributed by atoms with E-state index in [0.717, 1.165) is 6.92 Å². The SMILES string of the molecule is [2H]N1C(=O)C([2H])([2H])N(O)C1([2H])C. The van der Waals surface area contributed by atoms with Crippen LogP contribution in [0, 0.1) is 0 Å². The minimum absolute atomic E-state index is 0.0880. The summed E-state index contributed by atoms with van der Waals surface area (Å²) in [6.07, 6.45) is -2.07. The van der Waals surface area contributed by atoms with Gasteiger partial charge in [0.25, 0.3) is 0 Å². The van der Waals surface area contributed by atoms with Gasteiger partial charge in [-0.3, -0.25) is 4.79 Å². The normalized spacial score (nSPS) is 54.8. The average molecular weight is 120 g/mol. The van der Waals surface area contributed by atoms with Crippen LogP contribution >= 0.6 is 0 Å². The largest absolute Gasteiger partial charge is 0.338 e. The highest BCUT2D eigenvalue weighted by atomic mass is 16.5. The molecule has 46 valence electrons. The van der Waals surface area contributed by atoms with Gasteiger partial charge in [0, 0.05) is 0 Å². The summed E-state index contributed by atoms with van der Waals surface area (Å²) in [7, 11) is 0. The van der Waals surface area contributed by atoms with Gasteiger partial charge in [-0.05, 0) is 6.92 Å². The molecule has 0 aromatic carbocycles. The fraction of sp³-hybridized carbons (Fsp3) is 0.750. The maximum Gasteiger partial charge on any atom is 0.237 e. The molecule has 0 aliphatic carbocycles. The number of carbonyl (C=O) groups excluding carboxylic acids is 1. The van der Waals surface area contributed by atoms with E-state index in [2.05, 4.69) is 0 Å². The van der Waals surface area contributed by atoms with Crippen molar-refractivity contribution in [2.45, 2.75) is 13.1 Å². The van der Waals surface area contributed by atoms with Crippen molar-refractivity contribution < 1.29 is 15.5 Å². The number of rotatable bonds is 0. The first-order valence-corrected chi connectivity index (χ1v) is 2.05. The lowest BCUT2D eigenvalue weighted by Gasteiger charge is -2.08. The predicted octanol–water partition coefficient (Wildman–Crippen LogP) is -0.847. The molecule has 1 saturated heterocycles. The molecule has 1 heterocycles. The van der Waals surface area contributed by atoms with Crippen LogP contribution in [-0.4, -0.2) is 28.8 Å². The van der Waals surface area contributed by atoms with E-state index < -0.39 is 18.5 Å². The zero-order valence-corrected chi connectivity index (χ0v) is 4.25. The van der Waals surface area contributed by atoms with Crippen LogP contribution in [0.1, 0.15) is 11.0 Å². The molecule has 1 amide bonds. The van der Waals surface area contributed by atoms with Gasteiger partial charge in [0.15, 0.2) is 1.41 Å². The minimum atomic E-state index is -2.68. The van der Waals surface area contributed by atoms with Gasteiger partial charge in [0.1, 0.15) is 12.6 Å². The molecule has 2 N–H and O–H groups in total. The Hall–Kier alpha value is -0.610. The minimum Gasteiger partial charge on any atom is -0.338 e. The van der Waals surface area contributed by atoms with Crippen LogP contribution in [-0.2, 0) is 4.79 Å². The average Bonchev–Trinajstić information content (AvgIpc) is 2.06. The van der Waals surface area contributed by atoms with E-state index in [0.29, 0.717) is 0 Å². The standard InChI is InChI=1S/C4H8N2O2/c1-3-5-4(7)2-6(3)8/h3,8H,2H2,1H3,(H,5,7)/i2D2,3D/hD. The molecule has 0 radical (unpaired) electrons. The van der Waals surface area contributed by atoms with Gasteiger partial charge >= 0.3 is 0 Å². The Balaban J connectivity index is 3.12. The van der Waals surface area contributed by atoms with E-state index in [4.69, 9.17) is 10.7 Å². The molecule has 0 bridgehead atoms. The Morgan fingerprint density at radius 3 is 3.25 bits per heavy atom. The first kappa shape index (κ1) is 2.33. The summed E-state index contributed by atoms with van der Waals surface area (Å²) in [6, 6.07) is 0. The number of hydroxylamine groups is 2. The monoisotopic (exact) mass is 120 g/mol. The fourth-order valence-electron chi connectivity index (χ4n) is 0.391. The molecule has 0 spiro atoms. The lowest BCUT2D eigenvalue weighted by Crippen LogP contribution is -2.30. The third-order valence-corrected chi connectivity index (χ3v) is 0.771. The van der Waals surface area contributed by atoms with Crippen molar-refractivity contribution in [3.05, 3.63) is 0 Å². The van der Waals surface area contributed by atoms with Gasteiger partial charge in [-0.15, -0.1) is 0 Å². The highest BCUT2D eigenvalue weighted by molar-refractivity contribution is 5.79. The molecule has 8 heavy (non-hydrogen) atoms. The van der Waals surface area contributed by atoms with Crippen molar-refractivity contribution in [1.82, 2.24) is 10.4 Å². The van der Waals surface area contributed by atoms with Crippen LogP contribution in [0.25, 0.3) is 0 Å². The Morgan fingerprint density at radius 1 is 2.50 bits per heavy atom. The summed E-state index contributed by atoms with van der Waals surface area (Å²) in [5.74, 6) is -1.25. The summed E-state index contributed by atoms with van der Waals surface area (Å²) in [5, 5.41) is 9.02. The van der Waals surface area contributed by atoms with E-state index in [-0.39, 0.29) is 10.4 Å². The fourth-order valence-corrected chi connectivity index (χ4v) is 0.391. The highest BCUT2D eigenvalue weighted by Crippen LogP contribution is 1.96. The van der Waals surface area contributed by atoms with Gasteiger partial charge < -0.3 is 10.5 Å². The van der Waals surface area contributed by atoms with Crippen LogP contribution < -0.4 is 5.31 Å². The number of amides is 1. The van der Waals surface area contributed by atoms with Crippen LogP contribution in [0.5, 0.6) is 0 Å². The smallest absolute Gasteiger partial charge is 0.237 e. The molecule has 0 aromatic heterocycles. The van der Waals surface area contributed by atoms with Crippen molar-refractivity contribution in [3.63, 3.8) is 0 Å². The first-order valence-electron chi connectivity index (χ1n) is 4.00. The zero-order chi connectivity index (χ0) is 9.73. The summed E-state index contributed by atoms with van der Waals surface area (Å²) in [5.41, 5.74) is 0. The van der Waals surface area contributed by atoms with Gasteiger partial charge in [0.05, 0.1) is 4.11 Å². The van der Waals surface area contributed by atoms with Gasteiger partial charge in [0.2, 0.25) is 5.91 Å². The Morgan fingerprint density at radius 2 is 3.12 bits per heavy atom. The Kier molecular flexibility index (Phi) is 0.500. The second kappa shape index (κ2) is 1.72. The molecule has 1 fully saturated rings. The maximum atomic E-state index is 10.9. The number of nitrogens with one attached hydrogen (secondary N) is 1. The highest BCUT2D eigenvalue weighted by Gasteiger charge is 2.23. The predicted molar refractivity (Wildman–Crippen MR) is 26.1 cm³/mol. The molecular formula is C4H8N2O2. The van der Waals surface area contributed by atoms with Gasteiger partial charge in [-0.25, -0.2) is 0 Å². The van der Waals surface area contributed by atoms with Crippen molar-refractivity contribution in [2.75, 3.05) is 6.50 Å². The molecule has 0 saturated carbocycles. The van der Waals surface area contributed by atoms with Crippen molar-refractivity contribution in [1.29, 1.82) is 0 Å². The third kappa shape index (κ3) is 0.801. The second-order valence-electron chi connectivity index (χ2n) is 1.39. The third-order valence-electron chi connectivity index (χ3n) is 0.771. The number of hydrogen-bond donors (Lipinski definition) is 2. The topological polar surface area (TPSA) is 52.6 Å². The Bertz CT molecular complexity index is 231. The van der Waals surface area contributed by atoms with Crippen molar-refractivity contribution in [3.8, 4) is 0 Å². The summed E-state index contributed by atoms with van der Waals surface area (Å²) in [4.78, 5) is 10.9. The van der Waals surface area contributed by atoms with Crippen LogP contribution in [0.15, 0.2) is 0 Å². The quantitative estimate of drug-likeness (QED) is 0.438. The van der Waals surface area contributed by atoms with Gasteiger partial charge in [-0.1, -0.05) is 0 Å². The number of nitrogens with zero attached hydrogens (tertiary/aromatic N) is 1. The zero-order valence-electron chi connectivity index (χ0n) is 8.25. The van der Waals surface area contributed by atoms with Crippen LogP contribution in [0.4, 0.5) is 0 Å². The molecule has 1 atom stereocenters. The summed E-state index contributed by atoms with van der Waals surface area (Å²) >= 11 is 0. The number of hydrogen-bond acceptors (Lipinski definition) is 3. The molecule has 1 aliphatic rings. The van der Waals surface area contributed by atoms with Crippen molar-refractivity contribution >= 4 is 5.91 Å². The van der Waals surface area contributed by atoms with E-state index in [1.165, 1.54) is 0 Å². The van der Waals surface area contributed by atoms with Crippen LogP contribution in [0.2, 0.25) is 1.41 Å². The molecule has 1 rings (SSSR count). The molecule has 1 aliphatic heterocycles. The molecule has 1 unspecified atom stereocenters. The first-order chi connectivity index (χ1) is 5.22. The summed E-state index contributed by atoms with van der Waals surface area (Å²) in [6.45, 7) is -1.64. The Labute approximate surface area is 52.7 Å². The van der Waals surface area contributed by atoms with E-state index in [1.807, 2.05) is 0 Å². The lowest BCUT2D eigenvalue weighted by molar-refractivity contribution is -0.124. The van der Waals surface area contributed by atoms with Crippen LogP contribution in [0.3, 0.4) is 0 Å². The summed E-state index contributed by atoms with van der Waals surface area (Å²) < 4.78 is 28.2. The lowest BCUT2D eigenvalue weighted by atomic mass is 10.6. The molecule has 4 nitrogen and oxygen atoms in total. The van der Waals surface area contributed by atoms with E-state index in [1.54, 1.807) is 0 Å². The maximum absolute atomic E-state index is 10.9. The van der Waals surface area contributed by atoms with Crippen molar-refractivity contribution in [2.24, 2.45) is 0 Å². The molecule has 4 heteroatoms. The van der Waals surface area contributed by atoms with E-state index >= 15 is 0 Å². The number of carbonyl (C=O) groups is 1. The second-order valence-corrected chi connectivity index (χ2v) is 1.39. The molecular weight excluding hydrogens is 108 g/mol. The van der Waals surface area contributed by atoms with Gasteiger partial charge in [-0.2, -0.15) is 5.06 Å². The van der Waals surface area contributed by atoms with E-state index in [9.17, 15) is 4.79 Å². The molecule has 0 aromatic rings.